The van der Waals surface area contributed by atoms with Crippen LogP contribution in [0.25, 0.3) is 0 Å². The summed E-state index contributed by atoms with van der Waals surface area (Å²) >= 11 is 1.46. The number of nitrogens with one attached hydrogen (secondary N) is 1. The SMILES string of the molecule is CCCc1nsc(NCCCN(C)c2ccccc2)n1. The van der Waals surface area contributed by atoms with Crippen molar-refractivity contribution in [3.8, 4) is 0 Å². The zero-order chi connectivity index (χ0) is 14.2. The van der Waals surface area contributed by atoms with Gasteiger partial charge in [-0.05, 0) is 25.0 Å². The fourth-order valence-corrected chi connectivity index (χ4v) is 2.61. The molecule has 1 aromatic heterocycles. The fraction of sp³-hybridized carbons (Fsp3) is 0.467. The highest BCUT2D eigenvalue weighted by Crippen LogP contribution is 2.13. The van der Waals surface area contributed by atoms with Crippen LogP contribution >= 0.6 is 11.5 Å². The van der Waals surface area contributed by atoms with Crippen LogP contribution in [0.3, 0.4) is 0 Å². The Morgan fingerprint density at radius 1 is 1.25 bits per heavy atom. The molecule has 0 fully saturated rings. The molecule has 1 heterocycles. The number of aryl methyl sites for hydroxylation is 1. The van der Waals surface area contributed by atoms with Crippen molar-refractivity contribution in [2.45, 2.75) is 26.2 Å². The number of anilines is 2. The van der Waals surface area contributed by atoms with Gasteiger partial charge in [0.2, 0.25) is 5.13 Å². The van der Waals surface area contributed by atoms with Gasteiger partial charge >= 0.3 is 0 Å². The molecule has 0 aliphatic carbocycles. The molecule has 2 rings (SSSR count). The lowest BCUT2D eigenvalue weighted by Crippen LogP contribution is -2.20. The van der Waals surface area contributed by atoms with Gasteiger partial charge in [-0.2, -0.15) is 4.37 Å². The van der Waals surface area contributed by atoms with Gasteiger partial charge in [-0.3, -0.25) is 0 Å². The number of para-hydroxylation sites is 1. The average Bonchev–Trinajstić information content (AvgIpc) is 2.92. The summed E-state index contributed by atoms with van der Waals surface area (Å²) in [5, 5.41) is 4.29. The van der Waals surface area contributed by atoms with Gasteiger partial charge in [-0.25, -0.2) is 4.98 Å². The highest BCUT2D eigenvalue weighted by atomic mass is 32.1. The van der Waals surface area contributed by atoms with E-state index >= 15 is 0 Å². The lowest BCUT2D eigenvalue weighted by molar-refractivity contribution is 0.813. The van der Waals surface area contributed by atoms with Crippen molar-refractivity contribution >= 4 is 22.4 Å². The molecular weight excluding hydrogens is 268 g/mol. The third kappa shape index (κ3) is 4.49. The minimum absolute atomic E-state index is 0.929. The molecule has 5 heteroatoms. The first-order valence-corrected chi connectivity index (χ1v) is 7.89. The van der Waals surface area contributed by atoms with Crippen LogP contribution in [0.2, 0.25) is 0 Å². The number of hydrogen-bond acceptors (Lipinski definition) is 5. The summed E-state index contributed by atoms with van der Waals surface area (Å²) in [5.41, 5.74) is 1.26. The molecule has 0 radical (unpaired) electrons. The summed E-state index contributed by atoms with van der Waals surface area (Å²) < 4.78 is 4.32. The van der Waals surface area contributed by atoms with Crippen LogP contribution in [0, 0.1) is 0 Å². The number of nitrogens with zero attached hydrogens (tertiary/aromatic N) is 3. The maximum absolute atomic E-state index is 4.46. The first-order chi connectivity index (χ1) is 9.79. The predicted molar refractivity (Wildman–Crippen MR) is 86.7 cm³/mol. The van der Waals surface area contributed by atoms with Gasteiger partial charge in [-0.15, -0.1) is 0 Å². The molecule has 0 aliphatic rings. The maximum Gasteiger partial charge on any atom is 0.202 e. The van der Waals surface area contributed by atoms with Crippen LogP contribution < -0.4 is 10.2 Å². The molecule has 0 amide bonds. The Kier molecular flexibility index (Phi) is 5.80. The number of rotatable bonds is 8. The second kappa shape index (κ2) is 7.85. The molecule has 0 aliphatic heterocycles. The standard InChI is InChI=1S/C15H22N4S/c1-3-8-14-17-15(20-18-14)16-11-7-12-19(2)13-9-5-4-6-10-13/h4-6,9-10H,3,7-8,11-12H2,1-2H3,(H,16,17,18). The number of hydrogen-bond donors (Lipinski definition) is 1. The second-order valence-corrected chi connectivity index (χ2v) is 5.56. The van der Waals surface area contributed by atoms with E-state index < -0.39 is 0 Å². The van der Waals surface area contributed by atoms with E-state index in [0.717, 1.165) is 43.3 Å². The Morgan fingerprint density at radius 3 is 2.80 bits per heavy atom. The minimum Gasteiger partial charge on any atom is -0.375 e. The first kappa shape index (κ1) is 14.8. The summed E-state index contributed by atoms with van der Waals surface area (Å²) in [4.78, 5) is 6.73. The topological polar surface area (TPSA) is 41.1 Å². The van der Waals surface area contributed by atoms with Crippen LogP contribution in [-0.4, -0.2) is 29.5 Å². The monoisotopic (exact) mass is 290 g/mol. The highest BCUT2D eigenvalue weighted by molar-refractivity contribution is 7.09. The molecule has 1 aromatic carbocycles. The van der Waals surface area contributed by atoms with E-state index in [-0.39, 0.29) is 0 Å². The van der Waals surface area contributed by atoms with Crippen molar-refractivity contribution in [1.82, 2.24) is 9.36 Å². The Hall–Kier alpha value is -1.62. The zero-order valence-corrected chi connectivity index (χ0v) is 13.0. The fourth-order valence-electron chi connectivity index (χ4n) is 1.97. The molecule has 0 unspecified atom stereocenters. The maximum atomic E-state index is 4.46. The molecule has 0 saturated carbocycles. The summed E-state index contributed by atoms with van der Waals surface area (Å²) in [6.45, 7) is 4.10. The molecule has 108 valence electrons. The second-order valence-electron chi connectivity index (χ2n) is 4.80. The first-order valence-electron chi connectivity index (χ1n) is 7.12. The summed E-state index contributed by atoms with van der Waals surface area (Å²) in [5.74, 6) is 0.960. The molecule has 0 spiro atoms. The normalized spacial score (nSPS) is 10.5. The molecule has 0 saturated heterocycles. The predicted octanol–water partition coefficient (Wildman–Crippen LogP) is 3.43. The van der Waals surface area contributed by atoms with Crippen LogP contribution in [0.5, 0.6) is 0 Å². The molecule has 2 aromatic rings. The van der Waals surface area contributed by atoms with E-state index in [9.17, 15) is 0 Å². The smallest absolute Gasteiger partial charge is 0.202 e. The van der Waals surface area contributed by atoms with Crippen molar-refractivity contribution in [3.63, 3.8) is 0 Å². The lowest BCUT2D eigenvalue weighted by atomic mass is 10.3. The number of benzene rings is 1. The van der Waals surface area contributed by atoms with Gasteiger partial charge in [0.25, 0.3) is 0 Å². The van der Waals surface area contributed by atoms with Crippen molar-refractivity contribution < 1.29 is 0 Å². The Balaban J connectivity index is 1.68. The zero-order valence-electron chi connectivity index (χ0n) is 12.2. The molecule has 4 nitrogen and oxygen atoms in total. The molecular formula is C15H22N4S. The van der Waals surface area contributed by atoms with E-state index in [4.69, 9.17) is 0 Å². The summed E-state index contributed by atoms with van der Waals surface area (Å²) in [6, 6.07) is 10.5. The van der Waals surface area contributed by atoms with E-state index in [2.05, 4.69) is 57.8 Å². The van der Waals surface area contributed by atoms with Crippen molar-refractivity contribution in [2.75, 3.05) is 30.4 Å². The number of aromatic nitrogens is 2. The largest absolute Gasteiger partial charge is 0.375 e. The van der Waals surface area contributed by atoms with Gasteiger partial charge < -0.3 is 10.2 Å². The van der Waals surface area contributed by atoms with Gasteiger partial charge in [0.1, 0.15) is 5.82 Å². The summed E-state index contributed by atoms with van der Waals surface area (Å²) in [6.07, 6.45) is 3.14. The van der Waals surface area contributed by atoms with Crippen LogP contribution in [0.4, 0.5) is 10.8 Å². The third-order valence-electron chi connectivity index (χ3n) is 3.09. The molecule has 0 atom stereocenters. The van der Waals surface area contributed by atoms with Crippen molar-refractivity contribution in [1.29, 1.82) is 0 Å². The van der Waals surface area contributed by atoms with Gasteiger partial charge in [0, 0.05) is 43.8 Å². The van der Waals surface area contributed by atoms with Crippen molar-refractivity contribution in [3.05, 3.63) is 36.2 Å². The van der Waals surface area contributed by atoms with E-state index in [1.807, 2.05) is 6.07 Å². The Labute approximate surface area is 125 Å². The summed E-state index contributed by atoms with van der Waals surface area (Å²) in [7, 11) is 2.12. The Morgan fingerprint density at radius 2 is 2.05 bits per heavy atom. The van der Waals surface area contributed by atoms with Gasteiger partial charge in [0.15, 0.2) is 0 Å². The van der Waals surface area contributed by atoms with Crippen LogP contribution in [-0.2, 0) is 6.42 Å². The minimum atomic E-state index is 0.929. The molecule has 1 N–H and O–H groups in total. The van der Waals surface area contributed by atoms with E-state index in [0.29, 0.717) is 0 Å². The average molecular weight is 290 g/mol. The van der Waals surface area contributed by atoms with E-state index in [1.165, 1.54) is 17.2 Å². The van der Waals surface area contributed by atoms with Crippen molar-refractivity contribution in [2.24, 2.45) is 0 Å². The highest BCUT2D eigenvalue weighted by Gasteiger charge is 2.03. The van der Waals surface area contributed by atoms with Crippen LogP contribution in [0.15, 0.2) is 30.3 Å². The molecule has 0 bridgehead atoms. The third-order valence-corrected chi connectivity index (χ3v) is 3.80. The van der Waals surface area contributed by atoms with Gasteiger partial charge in [-0.1, -0.05) is 25.1 Å². The quantitative estimate of drug-likeness (QED) is 0.756. The Bertz CT molecular complexity index is 498. The van der Waals surface area contributed by atoms with Gasteiger partial charge in [0.05, 0.1) is 0 Å². The molecule has 20 heavy (non-hydrogen) atoms. The van der Waals surface area contributed by atoms with Crippen LogP contribution in [0.1, 0.15) is 25.6 Å². The van der Waals surface area contributed by atoms with E-state index in [1.54, 1.807) is 0 Å². The lowest BCUT2D eigenvalue weighted by Gasteiger charge is -2.18.